The summed E-state index contributed by atoms with van der Waals surface area (Å²) < 4.78 is 0. The SMILES string of the molecule is Cc1cc(C)c(CO)c(N(C)CC2CCCC2)n1. The molecular weight excluding hydrogens is 224 g/mol. The van der Waals surface area contributed by atoms with E-state index in [1.54, 1.807) is 0 Å². The minimum absolute atomic E-state index is 0.0729. The van der Waals surface area contributed by atoms with Gasteiger partial charge in [0.05, 0.1) is 6.61 Å². The van der Waals surface area contributed by atoms with E-state index in [0.717, 1.165) is 35.1 Å². The van der Waals surface area contributed by atoms with Crippen LogP contribution in [0.15, 0.2) is 6.07 Å². The molecule has 1 fully saturated rings. The number of aliphatic hydroxyl groups excluding tert-OH is 1. The topological polar surface area (TPSA) is 36.4 Å². The quantitative estimate of drug-likeness (QED) is 0.890. The summed E-state index contributed by atoms with van der Waals surface area (Å²) in [4.78, 5) is 6.84. The molecule has 1 aliphatic carbocycles. The number of nitrogens with zero attached hydrogens (tertiary/aromatic N) is 2. The van der Waals surface area contributed by atoms with Crippen molar-refractivity contribution in [1.29, 1.82) is 0 Å². The summed E-state index contributed by atoms with van der Waals surface area (Å²) in [6.07, 6.45) is 5.41. The Morgan fingerprint density at radius 3 is 2.61 bits per heavy atom. The number of anilines is 1. The lowest BCUT2D eigenvalue weighted by Crippen LogP contribution is -2.26. The highest BCUT2D eigenvalue weighted by Crippen LogP contribution is 2.28. The number of hydrogen-bond donors (Lipinski definition) is 1. The average molecular weight is 248 g/mol. The maximum Gasteiger partial charge on any atom is 0.134 e. The Bertz CT molecular complexity index is 411. The zero-order chi connectivity index (χ0) is 13.1. The number of aromatic nitrogens is 1. The van der Waals surface area contributed by atoms with Crippen LogP contribution in [-0.4, -0.2) is 23.7 Å². The Morgan fingerprint density at radius 1 is 1.33 bits per heavy atom. The van der Waals surface area contributed by atoms with Crippen molar-refractivity contribution in [3.05, 3.63) is 22.9 Å². The molecule has 3 heteroatoms. The minimum atomic E-state index is 0.0729. The lowest BCUT2D eigenvalue weighted by atomic mass is 10.1. The summed E-state index contributed by atoms with van der Waals surface area (Å²) in [7, 11) is 2.10. The molecule has 2 rings (SSSR count). The molecule has 0 aliphatic heterocycles. The average Bonchev–Trinajstić information content (AvgIpc) is 2.80. The molecule has 3 nitrogen and oxygen atoms in total. The van der Waals surface area contributed by atoms with Crippen LogP contribution in [0.3, 0.4) is 0 Å². The molecule has 0 unspecified atom stereocenters. The number of pyridine rings is 1. The van der Waals surface area contributed by atoms with Crippen molar-refractivity contribution in [2.75, 3.05) is 18.5 Å². The number of rotatable bonds is 4. The van der Waals surface area contributed by atoms with Gasteiger partial charge in [0.2, 0.25) is 0 Å². The summed E-state index contributed by atoms with van der Waals surface area (Å²) in [6, 6.07) is 2.04. The predicted octanol–water partition coefficient (Wildman–Crippen LogP) is 2.82. The highest BCUT2D eigenvalue weighted by atomic mass is 16.3. The molecule has 1 heterocycles. The van der Waals surface area contributed by atoms with Crippen LogP contribution < -0.4 is 4.90 Å². The third kappa shape index (κ3) is 2.83. The lowest BCUT2D eigenvalue weighted by molar-refractivity contribution is 0.280. The van der Waals surface area contributed by atoms with E-state index < -0.39 is 0 Å². The van der Waals surface area contributed by atoms with E-state index in [0.29, 0.717) is 0 Å². The van der Waals surface area contributed by atoms with Gasteiger partial charge < -0.3 is 10.0 Å². The molecule has 0 radical (unpaired) electrons. The summed E-state index contributed by atoms with van der Waals surface area (Å²) in [5, 5.41) is 9.53. The monoisotopic (exact) mass is 248 g/mol. The zero-order valence-electron chi connectivity index (χ0n) is 11.7. The van der Waals surface area contributed by atoms with E-state index in [2.05, 4.69) is 16.9 Å². The molecule has 18 heavy (non-hydrogen) atoms. The van der Waals surface area contributed by atoms with Crippen LogP contribution in [0.1, 0.15) is 42.5 Å². The van der Waals surface area contributed by atoms with Gasteiger partial charge in [-0.25, -0.2) is 4.98 Å². The van der Waals surface area contributed by atoms with Crippen molar-refractivity contribution >= 4 is 5.82 Å². The fourth-order valence-electron chi connectivity index (χ4n) is 3.02. The lowest BCUT2D eigenvalue weighted by Gasteiger charge is -2.25. The van der Waals surface area contributed by atoms with Crippen LogP contribution in [-0.2, 0) is 6.61 Å². The van der Waals surface area contributed by atoms with Crippen LogP contribution in [0, 0.1) is 19.8 Å². The molecule has 0 aromatic carbocycles. The Morgan fingerprint density at radius 2 is 2.00 bits per heavy atom. The van der Waals surface area contributed by atoms with Gasteiger partial charge in [-0.2, -0.15) is 0 Å². The normalized spacial score (nSPS) is 16.2. The molecule has 1 aliphatic rings. The van der Waals surface area contributed by atoms with E-state index in [1.807, 2.05) is 19.9 Å². The van der Waals surface area contributed by atoms with E-state index in [1.165, 1.54) is 25.7 Å². The summed E-state index contributed by atoms with van der Waals surface area (Å²) in [5.41, 5.74) is 3.14. The van der Waals surface area contributed by atoms with Crippen molar-refractivity contribution in [3.63, 3.8) is 0 Å². The molecule has 1 N–H and O–H groups in total. The molecule has 1 aromatic rings. The second-order valence-corrected chi connectivity index (χ2v) is 5.57. The Balaban J connectivity index is 2.19. The first-order chi connectivity index (χ1) is 8.61. The Labute approximate surface area is 110 Å². The molecule has 1 aromatic heterocycles. The van der Waals surface area contributed by atoms with Gasteiger partial charge in [-0.05, 0) is 44.2 Å². The molecule has 0 amide bonds. The largest absolute Gasteiger partial charge is 0.392 e. The zero-order valence-corrected chi connectivity index (χ0v) is 11.7. The van der Waals surface area contributed by atoms with Gasteiger partial charge in [0.1, 0.15) is 5.82 Å². The van der Waals surface area contributed by atoms with Crippen LogP contribution in [0.4, 0.5) is 5.82 Å². The first-order valence-corrected chi connectivity index (χ1v) is 6.91. The first-order valence-electron chi connectivity index (χ1n) is 6.91. The molecule has 0 atom stereocenters. The number of aliphatic hydroxyl groups is 1. The van der Waals surface area contributed by atoms with Crippen LogP contribution in [0.5, 0.6) is 0 Å². The van der Waals surface area contributed by atoms with Crippen molar-refractivity contribution in [1.82, 2.24) is 4.98 Å². The van der Waals surface area contributed by atoms with E-state index >= 15 is 0 Å². The number of aryl methyl sites for hydroxylation is 2. The molecule has 0 bridgehead atoms. The second kappa shape index (κ2) is 5.70. The van der Waals surface area contributed by atoms with Gasteiger partial charge in [0, 0.05) is 24.8 Å². The molecule has 100 valence electrons. The highest BCUT2D eigenvalue weighted by molar-refractivity contribution is 5.50. The predicted molar refractivity (Wildman–Crippen MR) is 74.9 cm³/mol. The summed E-state index contributed by atoms with van der Waals surface area (Å²) >= 11 is 0. The Hall–Kier alpha value is -1.09. The summed E-state index contributed by atoms with van der Waals surface area (Å²) in [5.74, 6) is 1.76. The van der Waals surface area contributed by atoms with E-state index in [4.69, 9.17) is 0 Å². The molecule has 0 spiro atoms. The fourth-order valence-corrected chi connectivity index (χ4v) is 3.02. The smallest absolute Gasteiger partial charge is 0.134 e. The van der Waals surface area contributed by atoms with Gasteiger partial charge >= 0.3 is 0 Å². The molecule has 1 saturated carbocycles. The fraction of sp³-hybridized carbons (Fsp3) is 0.667. The maximum atomic E-state index is 9.53. The molecular formula is C15H24N2O. The third-order valence-corrected chi connectivity index (χ3v) is 3.98. The van der Waals surface area contributed by atoms with Gasteiger partial charge in [-0.1, -0.05) is 12.8 Å². The maximum absolute atomic E-state index is 9.53. The second-order valence-electron chi connectivity index (χ2n) is 5.57. The summed E-state index contributed by atoms with van der Waals surface area (Å²) in [6.45, 7) is 5.19. The third-order valence-electron chi connectivity index (χ3n) is 3.98. The highest BCUT2D eigenvalue weighted by Gasteiger charge is 2.19. The van der Waals surface area contributed by atoms with E-state index in [9.17, 15) is 5.11 Å². The van der Waals surface area contributed by atoms with Crippen molar-refractivity contribution in [3.8, 4) is 0 Å². The van der Waals surface area contributed by atoms with Gasteiger partial charge in [-0.15, -0.1) is 0 Å². The minimum Gasteiger partial charge on any atom is -0.392 e. The first kappa shape index (κ1) is 13.3. The van der Waals surface area contributed by atoms with Crippen molar-refractivity contribution < 1.29 is 5.11 Å². The van der Waals surface area contributed by atoms with Gasteiger partial charge in [0.25, 0.3) is 0 Å². The van der Waals surface area contributed by atoms with Gasteiger partial charge in [0.15, 0.2) is 0 Å². The van der Waals surface area contributed by atoms with Crippen molar-refractivity contribution in [2.24, 2.45) is 5.92 Å². The number of hydrogen-bond acceptors (Lipinski definition) is 3. The van der Waals surface area contributed by atoms with Crippen LogP contribution in [0.25, 0.3) is 0 Å². The van der Waals surface area contributed by atoms with Crippen LogP contribution in [0.2, 0.25) is 0 Å². The van der Waals surface area contributed by atoms with E-state index in [-0.39, 0.29) is 6.61 Å². The van der Waals surface area contributed by atoms with Crippen LogP contribution >= 0.6 is 0 Å². The van der Waals surface area contributed by atoms with Crippen molar-refractivity contribution in [2.45, 2.75) is 46.1 Å². The van der Waals surface area contributed by atoms with Gasteiger partial charge in [-0.3, -0.25) is 0 Å². The Kier molecular flexibility index (Phi) is 4.23. The standard InChI is InChI=1S/C15H24N2O/c1-11-8-12(2)16-15(14(11)10-18)17(3)9-13-6-4-5-7-13/h8,13,18H,4-7,9-10H2,1-3H3. The molecule has 0 saturated heterocycles.